The third-order valence-electron chi connectivity index (χ3n) is 2.83. The molecule has 4 nitrogen and oxygen atoms in total. The van der Waals surface area contributed by atoms with Crippen LogP contribution in [-0.2, 0) is 6.61 Å². The van der Waals surface area contributed by atoms with Crippen molar-refractivity contribution >= 4 is 5.82 Å². The van der Waals surface area contributed by atoms with Crippen LogP contribution in [0.3, 0.4) is 0 Å². The predicted molar refractivity (Wildman–Crippen MR) is 70.0 cm³/mol. The van der Waals surface area contributed by atoms with Crippen LogP contribution in [0.2, 0.25) is 0 Å². The zero-order valence-corrected chi connectivity index (χ0v) is 11.1. The van der Waals surface area contributed by atoms with Gasteiger partial charge >= 0.3 is 0 Å². The topological polar surface area (TPSA) is 49.2 Å². The maximum absolute atomic E-state index is 9.31. The van der Waals surface area contributed by atoms with Crippen molar-refractivity contribution in [3.8, 4) is 0 Å². The number of aromatic nitrogens is 2. The van der Waals surface area contributed by atoms with Crippen molar-refractivity contribution in [2.24, 2.45) is 0 Å². The zero-order valence-electron chi connectivity index (χ0n) is 11.1. The third kappa shape index (κ3) is 3.97. The van der Waals surface area contributed by atoms with E-state index in [1.54, 1.807) is 12.5 Å². The summed E-state index contributed by atoms with van der Waals surface area (Å²) < 4.78 is 0. The van der Waals surface area contributed by atoms with Gasteiger partial charge in [0.25, 0.3) is 0 Å². The molecule has 1 aromatic heterocycles. The minimum atomic E-state index is -0.00677. The van der Waals surface area contributed by atoms with Crippen LogP contribution in [-0.4, -0.2) is 27.7 Å². The summed E-state index contributed by atoms with van der Waals surface area (Å²) in [5.74, 6) is 0.869. The average molecular weight is 237 g/mol. The molecule has 1 aromatic rings. The molecule has 0 saturated heterocycles. The lowest BCUT2D eigenvalue weighted by Gasteiger charge is -2.29. The number of rotatable bonds is 7. The van der Waals surface area contributed by atoms with Crippen LogP contribution in [0.25, 0.3) is 0 Å². The summed E-state index contributed by atoms with van der Waals surface area (Å²) in [5, 5.41) is 9.31. The summed E-state index contributed by atoms with van der Waals surface area (Å²) in [7, 11) is 0. The third-order valence-corrected chi connectivity index (χ3v) is 2.83. The number of unbranched alkanes of at least 4 members (excludes halogenated alkanes) is 2. The quantitative estimate of drug-likeness (QED) is 0.740. The molecular formula is C13H23N3O. The second-order valence-corrected chi connectivity index (χ2v) is 4.52. The SMILES string of the molecule is CCCCCN(c1ncncc1CO)C(C)C. The molecule has 0 fully saturated rings. The van der Waals surface area contributed by atoms with Crippen LogP contribution < -0.4 is 4.90 Å². The van der Waals surface area contributed by atoms with Crippen LogP contribution in [0.1, 0.15) is 45.6 Å². The molecule has 0 bridgehead atoms. The van der Waals surface area contributed by atoms with Crippen molar-refractivity contribution in [3.05, 3.63) is 18.1 Å². The van der Waals surface area contributed by atoms with E-state index in [-0.39, 0.29) is 6.61 Å². The Morgan fingerprint density at radius 3 is 2.71 bits per heavy atom. The van der Waals surface area contributed by atoms with Crippen LogP contribution >= 0.6 is 0 Å². The van der Waals surface area contributed by atoms with Gasteiger partial charge < -0.3 is 10.0 Å². The molecule has 0 aromatic carbocycles. The largest absolute Gasteiger partial charge is 0.391 e. The fraction of sp³-hybridized carbons (Fsp3) is 0.692. The highest BCUT2D eigenvalue weighted by atomic mass is 16.3. The summed E-state index contributed by atoms with van der Waals surface area (Å²) >= 11 is 0. The summed E-state index contributed by atoms with van der Waals surface area (Å²) in [6.45, 7) is 7.47. The Labute approximate surface area is 104 Å². The Balaban J connectivity index is 2.81. The normalized spacial score (nSPS) is 10.9. The first-order valence-corrected chi connectivity index (χ1v) is 6.37. The van der Waals surface area contributed by atoms with E-state index in [1.807, 2.05) is 0 Å². The van der Waals surface area contributed by atoms with Gasteiger partial charge in [0.15, 0.2) is 0 Å². The molecule has 0 amide bonds. The van der Waals surface area contributed by atoms with E-state index in [0.717, 1.165) is 24.3 Å². The Hall–Kier alpha value is -1.16. The van der Waals surface area contributed by atoms with Crippen molar-refractivity contribution in [1.29, 1.82) is 0 Å². The van der Waals surface area contributed by atoms with Gasteiger partial charge in [-0.2, -0.15) is 0 Å². The molecule has 17 heavy (non-hydrogen) atoms. The van der Waals surface area contributed by atoms with Crippen molar-refractivity contribution < 1.29 is 5.11 Å². The molecule has 0 saturated carbocycles. The van der Waals surface area contributed by atoms with E-state index in [2.05, 4.69) is 35.6 Å². The van der Waals surface area contributed by atoms with E-state index in [9.17, 15) is 5.11 Å². The maximum atomic E-state index is 9.31. The number of hydrogen-bond acceptors (Lipinski definition) is 4. The van der Waals surface area contributed by atoms with Gasteiger partial charge in [0.1, 0.15) is 12.1 Å². The molecular weight excluding hydrogens is 214 g/mol. The van der Waals surface area contributed by atoms with E-state index in [4.69, 9.17) is 0 Å². The van der Waals surface area contributed by atoms with Gasteiger partial charge in [0.2, 0.25) is 0 Å². The van der Waals surface area contributed by atoms with Gasteiger partial charge in [0, 0.05) is 24.3 Å². The summed E-state index contributed by atoms with van der Waals surface area (Å²) in [5.41, 5.74) is 0.803. The van der Waals surface area contributed by atoms with Crippen LogP contribution in [0.5, 0.6) is 0 Å². The highest BCUT2D eigenvalue weighted by molar-refractivity contribution is 5.45. The van der Waals surface area contributed by atoms with Gasteiger partial charge in [-0.05, 0) is 20.3 Å². The molecule has 96 valence electrons. The Kier molecular flexibility index (Phi) is 5.91. The van der Waals surface area contributed by atoms with E-state index in [0.29, 0.717) is 6.04 Å². The van der Waals surface area contributed by atoms with E-state index >= 15 is 0 Å². The lowest BCUT2D eigenvalue weighted by Crippen LogP contribution is -2.33. The number of aliphatic hydroxyl groups is 1. The lowest BCUT2D eigenvalue weighted by atomic mass is 10.2. The second-order valence-electron chi connectivity index (χ2n) is 4.52. The van der Waals surface area contributed by atoms with Crippen molar-refractivity contribution in [1.82, 2.24) is 9.97 Å². The first kappa shape index (κ1) is 13.9. The number of nitrogens with zero attached hydrogens (tertiary/aromatic N) is 3. The van der Waals surface area contributed by atoms with Crippen molar-refractivity contribution in [2.75, 3.05) is 11.4 Å². The molecule has 1 heterocycles. The Morgan fingerprint density at radius 2 is 2.12 bits per heavy atom. The van der Waals surface area contributed by atoms with Gasteiger partial charge in [-0.15, -0.1) is 0 Å². The Morgan fingerprint density at radius 1 is 1.35 bits per heavy atom. The van der Waals surface area contributed by atoms with Crippen molar-refractivity contribution in [3.63, 3.8) is 0 Å². The number of hydrogen-bond donors (Lipinski definition) is 1. The van der Waals surface area contributed by atoms with Crippen LogP contribution in [0.15, 0.2) is 12.5 Å². The number of aliphatic hydroxyl groups excluding tert-OH is 1. The lowest BCUT2D eigenvalue weighted by molar-refractivity contribution is 0.281. The molecule has 0 atom stereocenters. The van der Waals surface area contributed by atoms with Gasteiger partial charge in [-0.1, -0.05) is 19.8 Å². The minimum absolute atomic E-state index is 0.00677. The molecule has 0 unspecified atom stereocenters. The fourth-order valence-corrected chi connectivity index (χ4v) is 1.86. The predicted octanol–water partition coefficient (Wildman–Crippen LogP) is 2.37. The molecule has 0 spiro atoms. The van der Waals surface area contributed by atoms with Gasteiger partial charge in [-0.25, -0.2) is 9.97 Å². The van der Waals surface area contributed by atoms with E-state index in [1.165, 1.54) is 12.8 Å². The molecule has 1 N–H and O–H groups in total. The summed E-state index contributed by atoms with van der Waals surface area (Å²) in [6.07, 6.45) is 6.83. The standard InChI is InChI=1S/C13H23N3O/c1-4-5-6-7-16(11(2)3)13-12(9-17)8-14-10-15-13/h8,10-11,17H,4-7,9H2,1-3H3. The summed E-state index contributed by atoms with van der Waals surface area (Å²) in [4.78, 5) is 10.5. The number of anilines is 1. The molecule has 0 aliphatic rings. The maximum Gasteiger partial charge on any atom is 0.137 e. The van der Waals surface area contributed by atoms with Crippen molar-refractivity contribution in [2.45, 2.75) is 52.7 Å². The molecule has 1 rings (SSSR count). The first-order chi connectivity index (χ1) is 8.20. The monoisotopic (exact) mass is 237 g/mol. The highest BCUT2D eigenvalue weighted by Gasteiger charge is 2.15. The van der Waals surface area contributed by atoms with Crippen LogP contribution in [0.4, 0.5) is 5.82 Å². The van der Waals surface area contributed by atoms with Gasteiger partial charge in [-0.3, -0.25) is 0 Å². The second kappa shape index (κ2) is 7.22. The zero-order chi connectivity index (χ0) is 12.7. The summed E-state index contributed by atoms with van der Waals surface area (Å²) in [6, 6.07) is 0.382. The molecule has 4 heteroatoms. The molecule has 0 radical (unpaired) electrons. The molecule has 0 aliphatic heterocycles. The Bertz CT molecular complexity index is 328. The van der Waals surface area contributed by atoms with E-state index < -0.39 is 0 Å². The fourth-order valence-electron chi connectivity index (χ4n) is 1.86. The highest BCUT2D eigenvalue weighted by Crippen LogP contribution is 2.19. The minimum Gasteiger partial charge on any atom is -0.391 e. The first-order valence-electron chi connectivity index (χ1n) is 6.37. The smallest absolute Gasteiger partial charge is 0.137 e. The van der Waals surface area contributed by atoms with Crippen LogP contribution in [0, 0.1) is 0 Å². The van der Waals surface area contributed by atoms with Gasteiger partial charge in [0.05, 0.1) is 6.61 Å². The molecule has 0 aliphatic carbocycles. The average Bonchev–Trinajstić information content (AvgIpc) is 2.34.